The van der Waals surface area contributed by atoms with Crippen molar-refractivity contribution in [1.82, 2.24) is 20.2 Å². The van der Waals surface area contributed by atoms with Crippen LogP contribution in [0.1, 0.15) is 23.6 Å². The van der Waals surface area contributed by atoms with Crippen molar-refractivity contribution >= 4 is 33.3 Å². The van der Waals surface area contributed by atoms with Crippen molar-refractivity contribution in [3.05, 3.63) is 53.5 Å². The number of hydrogen-bond donors (Lipinski definition) is 0. The molecular formula is C17H14N4OS2. The van der Waals surface area contributed by atoms with Crippen molar-refractivity contribution in [3.63, 3.8) is 0 Å². The van der Waals surface area contributed by atoms with E-state index in [4.69, 9.17) is 4.42 Å². The van der Waals surface area contributed by atoms with Gasteiger partial charge in [-0.3, -0.25) is 0 Å². The van der Waals surface area contributed by atoms with Gasteiger partial charge >= 0.3 is 0 Å². The van der Waals surface area contributed by atoms with Gasteiger partial charge in [0.15, 0.2) is 0 Å². The molecule has 0 amide bonds. The van der Waals surface area contributed by atoms with Crippen LogP contribution < -0.4 is 0 Å². The summed E-state index contributed by atoms with van der Waals surface area (Å²) in [5.74, 6) is 1.14. The van der Waals surface area contributed by atoms with Gasteiger partial charge < -0.3 is 4.42 Å². The van der Waals surface area contributed by atoms with Gasteiger partial charge in [-0.05, 0) is 37.4 Å². The average molecular weight is 354 g/mol. The molecule has 0 saturated carbocycles. The minimum Gasteiger partial charge on any atom is -0.419 e. The van der Waals surface area contributed by atoms with E-state index in [1.54, 1.807) is 29.4 Å². The molecule has 24 heavy (non-hydrogen) atoms. The smallest absolute Gasteiger partial charge is 0.247 e. The summed E-state index contributed by atoms with van der Waals surface area (Å²) >= 11 is 3.25. The van der Waals surface area contributed by atoms with Crippen molar-refractivity contribution in [2.24, 2.45) is 0 Å². The molecule has 0 radical (unpaired) electrons. The largest absolute Gasteiger partial charge is 0.419 e. The molecule has 5 nitrogen and oxygen atoms in total. The summed E-state index contributed by atoms with van der Waals surface area (Å²) in [5, 5.41) is 11.3. The fraction of sp³-hybridized carbons (Fsp3) is 0.176. The standard InChI is InChI=1S/C17H14N4OS2/c1-10-3-5-12(6-4-10)16-21-20-15(22-16)11(2)24-17-14-13(7-8-23-14)18-9-19-17/h3-9,11H,1-2H3/t11-/m1/s1. The fourth-order valence-corrected chi connectivity index (χ4v) is 4.15. The maximum atomic E-state index is 5.85. The van der Waals surface area contributed by atoms with E-state index < -0.39 is 0 Å². The third-order valence-electron chi connectivity index (χ3n) is 3.59. The Balaban J connectivity index is 1.58. The summed E-state index contributed by atoms with van der Waals surface area (Å²) in [6.07, 6.45) is 1.59. The van der Waals surface area contributed by atoms with Crippen LogP contribution in [0.25, 0.3) is 21.7 Å². The number of aryl methyl sites for hydroxylation is 1. The lowest BCUT2D eigenvalue weighted by molar-refractivity contribution is 0.509. The van der Waals surface area contributed by atoms with Crippen LogP contribution >= 0.6 is 23.1 Å². The monoisotopic (exact) mass is 354 g/mol. The van der Waals surface area contributed by atoms with Crippen LogP contribution in [0.3, 0.4) is 0 Å². The number of nitrogens with zero attached hydrogens (tertiary/aromatic N) is 4. The molecule has 4 aromatic rings. The topological polar surface area (TPSA) is 64.7 Å². The second-order valence-corrected chi connectivity index (χ2v) is 7.63. The number of hydrogen-bond acceptors (Lipinski definition) is 7. The Morgan fingerprint density at radius 2 is 1.92 bits per heavy atom. The van der Waals surface area contributed by atoms with Crippen molar-refractivity contribution in [3.8, 4) is 11.5 Å². The predicted octanol–water partition coefficient (Wildman–Crippen LogP) is 4.90. The molecule has 0 saturated heterocycles. The molecule has 7 heteroatoms. The second kappa shape index (κ2) is 6.33. The highest BCUT2D eigenvalue weighted by Crippen LogP contribution is 2.38. The minimum absolute atomic E-state index is 0.0110. The van der Waals surface area contributed by atoms with Crippen LogP contribution in [-0.2, 0) is 0 Å². The molecule has 1 aromatic carbocycles. The highest BCUT2D eigenvalue weighted by atomic mass is 32.2. The summed E-state index contributed by atoms with van der Waals surface area (Å²) in [6.45, 7) is 4.09. The Morgan fingerprint density at radius 1 is 1.08 bits per heavy atom. The number of benzene rings is 1. The van der Waals surface area contributed by atoms with Crippen LogP contribution in [0.15, 0.2) is 51.5 Å². The number of thiophene rings is 1. The molecule has 0 fully saturated rings. The lowest BCUT2D eigenvalue weighted by Gasteiger charge is -2.06. The van der Waals surface area contributed by atoms with E-state index >= 15 is 0 Å². The molecular weight excluding hydrogens is 340 g/mol. The summed E-state index contributed by atoms with van der Waals surface area (Å²) in [7, 11) is 0. The number of thioether (sulfide) groups is 1. The molecule has 3 aromatic heterocycles. The molecule has 4 rings (SSSR count). The third kappa shape index (κ3) is 2.92. The van der Waals surface area contributed by atoms with Crippen LogP contribution in [0.2, 0.25) is 0 Å². The Morgan fingerprint density at radius 3 is 2.75 bits per heavy atom. The first-order valence-electron chi connectivity index (χ1n) is 7.46. The van der Waals surface area contributed by atoms with Gasteiger partial charge in [0.05, 0.1) is 15.5 Å². The zero-order chi connectivity index (χ0) is 16.5. The summed E-state index contributed by atoms with van der Waals surface area (Å²) in [6, 6.07) is 10.0. The van der Waals surface area contributed by atoms with Crippen molar-refractivity contribution in [2.75, 3.05) is 0 Å². The zero-order valence-corrected chi connectivity index (χ0v) is 14.8. The SMILES string of the molecule is Cc1ccc(-c2nnc([C@@H](C)Sc3ncnc4ccsc34)o2)cc1. The Bertz CT molecular complexity index is 978. The van der Waals surface area contributed by atoms with E-state index in [0.29, 0.717) is 11.8 Å². The molecule has 0 unspecified atom stereocenters. The van der Waals surface area contributed by atoms with Crippen molar-refractivity contribution < 1.29 is 4.42 Å². The molecule has 3 heterocycles. The van der Waals surface area contributed by atoms with Gasteiger partial charge in [-0.1, -0.05) is 29.5 Å². The van der Waals surface area contributed by atoms with Gasteiger partial charge in [0.2, 0.25) is 11.8 Å². The molecule has 0 aliphatic rings. The van der Waals surface area contributed by atoms with E-state index in [0.717, 1.165) is 20.8 Å². The average Bonchev–Trinajstić information content (AvgIpc) is 3.25. The van der Waals surface area contributed by atoms with Crippen LogP contribution in [0, 0.1) is 6.92 Å². The lowest BCUT2D eigenvalue weighted by Crippen LogP contribution is -1.91. The predicted molar refractivity (Wildman–Crippen MR) is 96.2 cm³/mol. The van der Waals surface area contributed by atoms with E-state index in [1.165, 1.54) is 5.56 Å². The van der Waals surface area contributed by atoms with Gasteiger partial charge in [-0.2, -0.15) is 0 Å². The first-order chi connectivity index (χ1) is 11.7. The van der Waals surface area contributed by atoms with E-state index in [-0.39, 0.29) is 5.25 Å². The van der Waals surface area contributed by atoms with E-state index in [9.17, 15) is 0 Å². The maximum absolute atomic E-state index is 5.85. The first-order valence-corrected chi connectivity index (χ1v) is 9.22. The van der Waals surface area contributed by atoms with E-state index in [2.05, 4.69) is 27.1 Å². The van der Waals surface area contributed by atoms with Crippen molar-refractivity contribution in [2.45, 2.75) is 24.1 Å². The highest BCUT2D eigenvalue weighted by Gasteiger charge is 2.18. The van der Waals surface area contributed by atoms with Gasteiger partial charge in [-0.15, -0.1) is 21.5 Å². The summed E-state index contributed by atoms with van der Waals surface area (Å²) < 4.78 is 6.94. The number of aromatic nitrogens is 4. The van der Waals surface area contributed by atoms with E-state index in [1.807, 2.05) is 42.6 Å². The van der Waals surface area contributed by atoms with Gasteiger partial charge in [0.25, 0.3) is 0 Å². The van der Waals surface area contributed by atoms with Gasteiger partial charge in [-0.25, -0.2) is 9.97 Å². The fourth-order valence-electron chi connectivity index (χ4n) is 2.28. The maximum Gasteiger partial charge on any atom is 0.247 e. The van der Waals surface area contributed by atoms with Crippen molar-refractivity contribution in [1.29, 1.82) is 0 Å². The molecule has 0 bridgehead atoms. The molecule has 0 aliphatic carbocycles. The Kier molecular flexibility index (Phi) is 4.03. The molecule has 1 atom stereocenters. The molecule has 0 N–H and O–H groups in total. The zero-order valence-electron chi connectivity index (χ0n) is 13.1. The molecule has 120 valence electrons. The van der Waals surface area contributed by atoms with Crippen LogP contribution in [0.5, 0.6) is 0 Å². The van der Waals surface area contributed by atoms with Crippen LogP contribution in [-0.4, -0.2) is 20.2 Å². The normalized spacial score (nSPS) is 12.6. The van der Waals surface area contributed by atoms with Gasteiger partial charge in [0.1, 0.15) is 11.4 Å². The highest BCUT2D eigenvalue weighted by molar-refractivity contribution is 7.99. The first kappa shape index (κ1) is 15.3. The quantitative estimate of drug-likeness (QED) is 0.383. The second-order valence-electron chi connectivity index (χ2n) is 5.39. The molecule has 0 spiro atoms. The lowest BCUT2D eigenvalue weighted by atomic mass is 10.1. The van der Waals surface area contributed by atoms with Crippen LogP contribution in [0.4, 0.5) is 0 Å². The minimum atomic E-state index is 0.0110. The molecule has 0 aliphatic heterocycles. The summed E-state index contributed by atoms with van der Waals surface area (Å²) in [5.41, 5.74) is 3.10. The number of rotatable bonds is 4. The Hall–Kier alpha value is -2.25. The summed E-state index contributed by atoms with van der Waals surface area (Å²) in [4.78, 5) is 8.66. The number of fused-ring (bicyclic) bond motifs is 1. The Labute approximate surface area is 147 Å². The third-order valence-corrected chi connectivity index (χ3v) is 5.71. The van der Waals surface area contributed by atoms with Gasteiger partial charge in [0, 0.05) is 5.56 Å².